The summed E-state index contributed by atoms with van der Waals surface area (Å²) in [7, 11) is 0. The molecule has 0 unspecified atom stereocenters. The van der Waals surface area contributed by atoms with Crippen LogP contribution in [0.4, 0.5) is 0 Å². The summed E-state index contributed by atoms with van der Waals surface area (Å²) >= 11 is 1.23. The topological polar surface area (TPSA) is 56.7 Å². The van der Waals surface area contributed by atoms with Crippen LogP contribution in [0.3, 0.4) is 0 Å². The van der Waals surface area contributed by atoms with E-state index in [2.05, 4.69) is 13.3 Å². The first-order valence-electron chi connectivity index (χ1n) is 4.00. The quantitative estimate of drug-likeness (QED) is 0.788. The fourth-order valence-corrected chi connectivity index (χ4v) is 1.64. The Morgan fingerprint density at radius 2 is 2.46 bits per heavy atom. The van der Waals surface area contributed by atoms with Gasteiger partial charge in [0.25, 0.3) is 0 Å². The molecule has 0 fully saturated rings. The highest BCUT2D eigenvalue weighted by molar-refractivity contribution is 6.99. The average molecular weight is 194 g/mol. The summed E-state index contributed by atoms with van der Waals surface area (Å²) in [4.78, 5) is 0. The standard InChI is InChI=1S/C8H10N4S/c9-4-8-2-1-3-12(8)6-7-5-10-13-11-7/h1-3,5H,4,6,9H2. The van der Waals surface area contributed by atoms with Gasteiger partial charge in [-0.25, -0.2) is 0 Å². The fourth-order valence-electron chi connectivity index (χ4n) is 1.22. The van der Waals surface area contributed by atoms with Crippen molar-refractivity contribution in [1.29, 1.82) is 0 Å². The molecule has 2 aromatic rings. The maximum absolute atomic E-state index is 5.57. The lowest BCUT2D eigenvalue weighted by atomic mass is 10.4. The van der Waals surface area contributed by atoms with Crippen molar-refractivity contribution in [2.75, 3.05) is 0 Å². The smallest absolute Gasteiger partial charge is 0.0940 e. The second kappa shape index (κ2) is 3.68. The molecule has 2 aromatic heterocycles. The molecule has 0 bridgehead atoms. The third-order valence-electron chi connectivity index (χ3n) is 1.87. The molecule has 68 valence electrons. The van der Waals surface area contributed by atoms with E-state index in [9.17, 15) is 0 Å². The molecule has 2 heterocycles. The number of rotatable bonds is 3. The van der Waals surface area contributed by atoms with Crippen LogP contribution in [0.2, 0.25) is 0 Å². The monoisotopic (exact) mass is 194 g/mol. The fraction of sp³-hybridized carbons (Fsp3) is 0.250. The summed E-state index contributed by atoms with van der Waals surface area (Å²) in [5, 5.41) is 0. The largest absolute Gasteiger partial charge is 0.344 e. The molecular formula is C8H10N4S. The summed E-state index contributed by atoms with van der Waals surface area (Å²) in [5.41, 5.74) is 7.67. The third-order valence-corrected chi connectivity index (χ3v) is 2.39. The van der Waals surface area contributed by atoms with E-state index in [0.29, 0.717) is 6.54 Å². The minimum Gasteiger partial charge on any atom is -0.344 e. The van der Waals surface area contributed by atoms with Gasteiger partial charge >= 0.3 is 0 Å². The van der Waals surface area contributed by atoms with E-state index in [0.717, 1.165) is 17.9 Å². The van der Waals surface area contributed by atoms with Crippen molar-refractivity contribution in [2.24, 2.45) is 5.73 Å². The van der Waals surface area contributed by atoms with Gasteiger partial charge in [-0.05, 0) is 12.1 Å². The van der Waals surface area contributed by atoms with Gasteiger partial charge in [0.05, 0.1) is 30.2 Å². The van der Waals surface area contributed by atoms with Crippen LogP contribution in [0.25, 0.3) is 0 Å². The highest BCUT2D eigenvalue weighted by Gasteiger charge is 2.01. The van der Waals surface area contributed by atoms with Gasteiger partial charge < -0.3 is 10.3 Å². The lowest BCUT2D eigenvalue weighted by Crippen LogP contribution is -2.07. The Morgan fingerprint density at radius 1 is 1.54 bits per heavy atom. The van der Waals surface area contributed by atoms with Crippen LogP contribution in [0.15, 0.2) is 24.5 Å². The molecule has 0 spiro atoms. The third kappa shape index (κ3) is 1.76. The first kappa shape index (κ1) is 8.40. The van der Waals surface area contributed by atoms with Gasteiger partial charge in [0.1, 0.15) is 0 Å². The number of hydrogen-bond acceptors (Lipinski definition) is 4. The molecule has 13 heavy (non-hydrogen) atoms. The molecule has 0 atom stereocenters. The molecule has 0 aliphatic carbocycles. The SMILES string of the molecule is NCc1cccn1Cc1cnsn1. The Labute approximate surface area is 80.3 Å². The van der Waals surface area contributed by atoms with E-state index < -0.39 is 0 Å². The Bertz CT molecular complexity index is 365. The Kier molecular flexibility index (Phi) is 2.37. The zero-order valence-corrected chi connectivity index (χ0v) is 7.87. The van der Waals surface area contributed by atoms with Crippen LogP contribution in [0, 0.1) is 0 Å². The number of nitrogens with zero attached hydrogens (tertiary/aromatic N) is 3. The van der Waals surface area contributed by atoms with Crippen molar-refractivity contribution in [3.05, 3.63) is 35.9 Å². The molecule has 0 aromatic carbocycles. The number of aromatic nitrogens is 3. The van der Waals surface area contributed by atoms with Crippen LogP contribution in [0.5, 0.6) is 0 Å². The van der Waals surface area contributed by atoms with Gasteiger partial charge in [0, 0.05) is 18.4 Å². The summed E-state index contributed by atoms with van der Waals surface area (Å²) in [6.07, 6.45) is 3.78. The van der Waals surface area contributed by atoms with Crippen LogP contribution >= 0.6 is 11.7 Å². The van der Waals surface area contributed by atoms with Crippen molar-refractivity contribution in [3.8, 4) is 0 Å². The van der Waals surface area contributed by atoms with E-state index in [1.54, 1.807) is 6.20 Å². The van der Waals surface area contributed by atoms with Gasteiger partial charge in [0.2, 0.25) is 0 Å². The molecule has 0 radical (unpaired) electrons. The summed E-state index contributed by atoms with van der Waals surface area (Å²) in [6, 6.07) is 4.00. The molecule has 0 amide bonds. The lowest BCUT2D eigenvalue weighted by Gasteiger charge is -2.03. The normalized spacial score (nSPS) is 10.5. The summed E-state index contributed by atoms with van der Waals surface area (Å²) < 4.78 is 10.2. The molecule has 0 saturated carbocycles. The average Bonchev–Trinajstić information content (AvgIpc) is 2.76. The van der Waals surface area contributed by atoms with Crippen molar-refractivity contribution >= 4 is 11.7 Å². The zero-order chi connectivity index (χ0) is 9.10. The van der Waals surface area contributed by atoms with E-state index in [4.69, 9.17) is 5.73 Å². The molecule has 4 nitrogen and oxygen atoms in total. The molecular weight excluding hydrogens is 184 g/mol. The maximum atomic E-state index is 5.57. The molecule has 2 rings (SSSR count). The van der Waals surface area contributed by atoms with Crippen molar-refractivity contribution < 1.29 is 0 Å². The van der Waals surface area contributed by atoms with Crippen LogP contribution in [0.1, 0.15) is 11.4 Å². The lowest BCUT2D eigenvalue weighted by molar-refractivity contribution is 0.732. The van der Waals surface area contributed by atoms with Gasteiger partial charge in [-0.2, -0.15) is 8.75 Å². The Hall–Kier alpha value is -1.20. The van der Waals surface area contributed by atoms with Gasteiger partial charge in [-0.1, -0.05) is 0 Å². The van der Waals surface area contributed by atoms with Crippen LogP contribution in [-0.2, 0) is 13.1 Å². The van der Waals surface area contributed by atoms with Crippen molar-refractivity contribution in [2.45, 2.75) is 13.1 Å². The van der Waals surface area contributed by atoms with E-state index >= 15 is 0 Å². The molecule has 0 aliphatic rings. The van der Waals surface area contributed by atoms with Gasteiger partial charge in [-0.3, -0.25) is 0 Å². The van der Waals surface area contributed by atoms with Crippen LogP contribution < -0.4 is 5.73 Å². The Morgan fingerprint density at radius 3 is 3.15 bits per heavy atom. The minimum absolute atomic E-state index is 0.560. The molecule has 0 aliphatic heterocycles. The highest BCUT2D eigenvalue weighted by atomic mass is 32.1. The van der Waals surface area contributed by atoms with Crippen LogP contribution in [-0.4, -0.2) is 13.3 Å². The predicted octanol–water partition coefficient (Wildman–Crippen LogP) is 0.847. The summed E-state index contributed by atoms with van der Waals surface area (Å²) in [5.74, 6) is 0. The van der Waals surface area contributed by atoms with Crippen molar-refractivity contribution in [3.63, 3.8) is 0 Å². The van der Waals surface area contributed by atoms with Gasteiger partial charge in [0.15, 0.2) is 0 Å². The van der Waals surface area contributed by atoms with E-state index in [1.165, 1.54) is 11.7 Å². The molecule has 0 saturated heterocycles. The first-order valence-corrected chi connectivity index (χ1v) is 4.73. The predicted molar refractivity (Wildman–Crippen MR) is 51.3 cm³/mol. The van der Waals surface area contributed by atoms with Crippen molar-refractivity contribution in [1.82, 2.24) is 13.3 Å². The summed E-state index contributed by atoms with van der Waals surface area (Å²) in [6.45, 7) is 1.32. The zero-order valence-electron chi connectivity index (χ0n) is 7.05. The highest BCUT2D eigenvalue weighted by Crippen LogP contribution is 2.05. The maximum Gasteiger partial charge on any atom is 0.0940 e. The number of hydrogen-bond donors (Lipinski definition) is 1. The van der Waals surface area contributed by atoms with Gasteiger partial charge in [-0.15, -0.1) is 0 Å². The Balaban J connectivity index is 2.18. The van der Waals surface area contributed by atoms with E-state index in [-0.39, 0.29) is 0 Å². The second-order valence-electron chi connectivity index (χ2n) is 2.73. The van der Waals surface area contributed by atoms with E-state index in [1.807, 2.05) is 18.3 Å². The molecule has 5 heteroatoms. The molecule has 2 N–H and O–H groups in total. The number of nitrogens with two attached hydrogens (primary N) is 1. The second-order valence-corrected chi connectivity index (χ2v) is 3.29. The first-order chi connectivity index (χ1) is 6.40. The minimum atomic E-state index is 0.560.